The number of hydrogen-bond acceptors (Lipinski definition) is 8. The van der Waals surface area contributed by atoms with Gasteiger partial charge in [0.25, 0.3) is 11.6 Å². The van der Waals surface area contributed by atoms with Gasteiger partial charge in [0.1, 0.15) is 11.6 Å². The second-order valence-electron chi connectivity index (χ2n) is 6.34. The molecule has 0 unspecified atom stereocenters. The van der Waals surface area contributed by atoms with Crippen molar-refractivity contribution in [1.29, 1.82) is 0 Å². The zero-order valence-corrected chi connectivity index (χ0v) is 15.4. The number of nitro benzene ring substituents is 1. The molecule has 0 N–H and O–H groups in total. The normalized spacial score (nSPS) is 20.2. The molecule has 0 aliphatic carbocycles. The second kappa shape index (κ2) is 6.89. The maximum atomic E-state index is 13.0. The van der Waals surface area contributed by atoms with Gasteiger partial charge in [-0.2, -0.15) is 0 Å². The lowest BCUT2D eigenvalue weighted by atomic mass is 9.94. The first-order valence-electron chi connectivity index (χ1n) is 8.54. The highest BCUT2D eigenvalue weighted by atomic mass is 16.7. The molecule has 2 amide bonds. The van der Waals surface area contributed by atoms with Gasteiger partial charge in [0.2, 0.25) is 12.0 Å². The van der Waals surface area contributed by atoms with Crippen molar-refractivity contribution < 1.29 is 28.8 Å². The molecule has 2 heterocycles. The largest absolute Gasteiger partial charge is 0.493 e. The molecular weight excluding hydrogens is 382 g/mol. The summed E-state index contributed by atoms with van der Waals surface area (Å²) in [5, 5.41) is 14.8. The lowest BCUT2D eigenvalue weighted by Crippen LogP contribution is -2.33. The fraction of sp³-hybridized carbons (Fsp3) is 0.211. The number of imide groups is 1. The molecule has 10 heteroatoms. The minimum atomic E-state index is -1.08. The van der Waals surface area contributed by atoms with E-state index in [0.717, 1.165) is 4.90 Å². The number of oxime groups is 1. The van der Waals surface area contributed by atoms with E-state index in [9.17, 15) is 19.7 Å². The summed E-state index contributed by atoms with van der Waals surface area (Å²) in [6, 6.07) is 10.2. The Bertz CT molecular complexity index is 1050. The van der Waals surface area contributed by atoms with E-state index < -0.39 is 28.8 Å². The Morgan fingerprint density at radius 2 is 1.72 bits per heavy atom. The van der Waals surface area contributed by atoms with Crippen molar-refractivity contribution in [3.05, 3.63) is 58.1 Å². The number of hydrogen-bond donors (Lipinski definition) is 0. The maximum Gasteiger partial charge on any atom is 0.278 e. The summed E-state index contributed by atoms with van der Waals surface area (Å²) in [5.74, 6) is -1.06. The molecule has 2 aromatic carbocycles. The summed E-state index contributed by atoms with van der Waals surface area (Å²) in [4.78, 5) is 42.3. The number of rotatable bonds is 5. The zero-order chi connectivity index (χ0) is 20.7. The third-order valence-corrected chi connectivity index (χ3v) is 4.81. The summed E-state index contributed by atoms with van der Waals surface area (Å²) in [5.41, 5.74) is 0.952. The summed E-state index contributed by atoms with van der Waals surface area (Å²) in [6.07, 6.45) is -1.08. The summed E-state index contributed by atoms with van der Waals surface area (Å²) < 4.78 is 10.5. The highest BCUT2D eigenvalue weighted by molar-refractivity contribution is 6.32. The van der Waals surface area contributed by atoms with E-state index in [1.165, 1.54) is 38.5 Å². The molecule has 0 spiro atoms. The maximum absolute atomic E-state index is 13.0. The van der Waals surface area contributed by atoms with Crippen LogP contribution >= 0.6 is 0 Å². The zero-order valence-electron chi connectivity index (χ0n) is 15.4. The third-order valence-electron chi connectivity index (χ3n) is 4.81. The number of carbonyl (C=O) groups is 2. The van der Waals surface area contributed by atoms with Crippen LogP contribution in [0, 0.1) is 16.0 Å². The van der Waals surface area contributed by atoms with Gasteiger partial charge in [-0.25, -0.2) is 4.90 Å². The van der Waals surface area contributed by atoms with Gasteiger partial charge in [-0.3, -0.25) is 19.7 Å². The third kappa shape index (κ3) is 2.85. The SMILES string of the molecule is COc1ccc(C2=NO[C@H]3C(=O)N(c4ccc([N+](=O)[O-])cc4)C(=O)[C@@H]23)cc1OC. The van der Waals surface area contributed by atoms with Gasteiger partial charge >= 0.3 is 0 Å². The monoisotopic (exact) mass is 397 g/mol. The van der Waals surface area contributed by atoms with Crippen LogP contribution in [0.15, 0.2) is 47.6 Å². The van der Waals surface area contributed by atoms with Crippen molar-refractivity contribution in [3.63, 3.8) is 0 Å². The first-order valence-corrected chi connectivity index (χ1v) is 8.54. The van der Waals surface area contributed by atoms with Crippen molar-refractivity contribution in [2.75, 3.05) is 19.1 Å². The quantitative estimate of drug-likeness (QED) is 0.429. The molecule has 10 nitrogen and oxygen atoms in total. The Morgan fingerprint density at radius 1 is 1.03 bits per heavy atom. The van der Waals surface area contributed by atoms with Crippen molar-refractivity contribution in [2.45, 2.75) is 6.10 Å². The molecule has 2 aromatic rings. The number of anilines is 1. The van der Waals surface area contributed by atoms with Crippen LogP contribution < -0.4 is 14.4 Å². The van der Waals surface area contributed by atoms with Crippen LogP contribution in [0.5, 0.6) is 11.5 Å². The number of ether oxygens (including phenoxy) is 2. The number of amides is 2. The van der Waals surface area contributed by atoms with E-state index in [4.69, 9.17) is 14.3 Å². The Labute approximate surface area is 164 Å². The van der Waals surface area contributed by atoms with Gasteiger partial charge in [-0.1, -0.05) is 5.16 Å². The summed E-state index contributed by atoms with van der Waals surface area (Å²) >= 11 is 0. The number of nitro groups is 1. The molecule has 0 radical (unpaired) electrons. The van der Waals surface area contributed by atoms with Crippen LogP contribution in [-0.2, 0) is 14.4 Å². The minimum absolute atomic E-state index is 0.142. The van der Waals surface area contributed by atoms with Crippen molar-refractivity contribution in [2.24, 2.45) is 11.1 Å². The molecule has 148 valence electrons. The molecule has 2 atom stereocenters. The van der Waals surface area contributed by atoms with Crippen molar-refractivity contribution in [3.8, 4) is 11.5 Å². The molecular formula is C19H15N3O7. The minimum Gasteiger partial charge on any atom is -0.493 e. The van der Waals surface area contributed by atoms with Gasteiger partial charge in [0.15, 0.2) is 11.5 Å². The number of benzene rings is 2. The average molecular weight is 397 g/mol. The Hall–Kier alpha value is -3.95. The van der Waals surface area contributed by atoms with Crippen LogP contribution in [0.3, 0.4) is 0 Å². The number of non-ortho nitro benzene ring substituents is 1. The van der Waals surface area contributed by atoms with Crippen LogP contribution in [0.4, 0.5) is 11.4 Å². The topological polar surface area (TPSA) is 121 Å². The van der Waals surface area contributed by atoms with Crippen LogP contribution in [-0.4, -0.2) is 42.8 Å². The Balaban J connectivity index is 1.66. The molecule has 2 aliphatic rings. The Morgan fingerprint density at radius 3 is 2.34 bits per heavy atom. The van der Waals surface area contributed by atoms with Crippen molar-refractivity contribution >= 4 is 28.9 Å². The molecule has 1 saturated heterocycles. The first-order chi connectivity index (χ1) is 14.0. The number of fused-ring (bicyclic) bond motifs is 1. The van der Waals surface area contributed by atoms with E-state index in [1.807, 2.05) is 0 Å². The van der Waals surface area contributed by atoms with E-state index >= 15 is 0 Å². The van der Waals surface area contributed by atoms with Crippen LogP contribution in [0.1, 0.15) is 5.56 Å². The van der Waals surface area contributed by atoms with E-state index in [2.05, 4.69) is 5.16 Å². The first kappa shape index (κ1) is 18.4. The van der Waals surface area contributed by atoms with E-state index in [0.29, 0.717) is 22.8 Å². The predicted molar refractivity (Wildman–Crippen MR) is 100 cm³/mol. The van der Waals surface area contributed by atoms with Gasteiger partial charge in [-0.15, -0.1) is 0 Å². The van der Waals surface area contributed by atoms with Gasteiger partial charge in [0.05, 0.1) is 24.8 Å². The highest BCUT2D eigenvalue weighted by Gasteiger charge is 2.56. The van der Waals surface area contributed by atoms with Crippen LogP contribution in [0.2, 0.25) is 0 Å². The number of nitrogens with zero attached hydrogens (tertiary/aromatic N) is 3. The van der Waals surface area contributed by atoms with Gasteiger partial charge in [0, 0.05) is 17.7 Å². The average Bonchev–Trinajstić information content (AvgIpc) is 3.27. The molecule has 0 aromatic heterocycles. The van der Waals surface area contributed by atoms with Gasteiger partial charge < -0.3 is 14.3 Å². The van der Waals surface area contributed by atoms with E-state index in [1.54, 1.807) is 18.2 Å². The highest BCUT2D eigenvalue weighted by Crippen LogP contribution is 2.37. The Kier molecular flexibility index (Phi) is 4.38. The number of carbonyl (C=O) groups excluding carboxylic acids is 2. The van der Waals surface area contributed by atoms with E-state index in [-0.39, 0.29) is 11.4 Å². The van der Waals surface area contributed by atoms with Crippen LogP contribution in [0.25, 0.3) is 0 Å². The molecule has 1 fully saturated rings. The second-order valence-corrected chi connectivity index (χ2v) is 6.34. The molecule has 0 bridgehead atoms. The molecule has 29 heavy (non-hydrogen) atoms. The fourth-order valence-corrected chi connectivity index (χ4v) is 3.39. The lowest BCUT2D eigenvalue weighted by molar-refractivity contribution is -0.384. The molecule has 4 rings (SSSR count). The summed E-state index contributed by atoms with van der Waals surface area (Å²) in [6.45, 7) is 0. The number of methoxy groups -OCH3 is 2. The molecule has 0 saturated carbocycles. The summed E-state index contributed by atoms with van der Waals surface area (Å²) in [7, 11) is 2.99. The lowest BCUT2D eigenvalue weighted by Gasteiger charge is -2.15. The van der Waals surface area contributed by atoms with Crippen molar-refractivity contribution in [1.82, 2.24) is 0 Å². The molecule has 2 aliphatic heterocycles. The predicted octanol–water partition coefficient (Wildman–Crippen LogP) is 1.90. The standard InChI is InChI=1S/C19H15N3O7/c1-27-13-8-3-10(9-14(13)28-2)16-15-17(29-20-16)19(24)21(18(15)23)11-4-6-12(7-5-11)22(25)26/h3-9,15,17H,1-2H3/t15-,17+/m0/s1. The van der Waals surface area contributed by atoms with Gasteiger partial charge in [-0.05, 0) is 30.3 Å². The smallest absolute Gasteiger partial charge is 0.278 e. The fourth-order valence-electron chi connectivity index (χ4n) is 3.39.